The quantitative estimate of drug-likeness (QED) is 0.335. The van der Waals surface area contributed by atoms with Crippen LogP contribution in [0, 0.1) is 40.4 Å². The summed E-state index contributed by atoms with van der Waals surface area (Å²) in [5.41, 5.74) is 18.7. The lowest BCUT2D eigenvalue weighted by atomic mass is 9.60. The number of hydrogen-bond acceptors (Lipinski definition) is 8. The Morgan fingerprint density at radius 1 is 1.23 bits per heavy atom. The van der Waals surface area contributed by atoms with Crippen molar-refractivity contribution in [2.75, 3.05) is 0 Å². The zero-order valence-electron chi connectivity index (χ0n) is 24.5. The molecule has 0 aromatic heterocycles. The number of nitriles is 1. The molecule has 2 aliphatic rings. The minimum Gasteiger partial charge on any atom is -0.444 e. The first-order valence-corrected chi connectivity index (χ1v) is 13.6. The number of nitrogens with two attached hydrogens (primary N) is 3. The second-order valence-corrected chi connectivity index (χ2v) is 11.5. The predicted molar refractivity (Wildman–Crippen MR) is 155 cm³/mol. The molecule has 0 radical (unpaired) electrons. The first kappa shape index (κ1) is 32.3. The number of nitrogens with zero attached hydrogens (tertiary/aromatic N) is 1. The molecule has 1 unspecified atom stereocenters. The first-order chi connectivity index (χ1) is 18.7. The molecular formula is C31H43N5O4. The number of benzene rings is 1. The highest BCUT2D eigenvalue weighted by molar-refractivity contribution is 5.98. The predicted octanol–water partition coefficient (Wildman–Crippen LogP) is 4.82. The first-order valence-electron chi connectivity index (χ1n) is 13.6. The van der Waals surface area contributed by atoms with Gasteiger partial charge in [0.15, 0.2) is 0 Å². The van der Waals surface area contributed by atoms with Gasteiger partial charge in [0.05, 0.1) is 12.0 Å². The summed E-state index contributed by atoms with van der Waals surface area (Å²) in [6.45, 7) is 10.7. The van der Waals surface area contributed by atoms with Crippen LogP contribution >= 0.6 is 0 Å². The fourth-order valence-corrected chi connectivity index (χ4v) is 5.36. The number of nitrogens with one attached hydrogen (secondary N) is 1. The normalized spacial score (nSPS) is 20.8. The Morgan fingerprint density at radius 3 is 2.30 bits per heavy atom. The number of carbonyl (C=O) groups is 1. The molecule has 1 atom stereocenters. The monoisotopic (exact) mass is 549 g/mol. The van der Waals surface area contributed by atoms with Crippen LogP contribution in [0.25, 0.3) is 0 Å². The summed E-state index contributed by atoms with van der Waals surface area (Å²) in [4.78, 5) is 10.0. The lowest BCUT2D eigenvalue weighted by Gasteiger charge is -2.43. The Bertz CT molecular complexity index is 1280. The average molecular weight is 550 g/mol. The van der Waals surface area contributed by atoms with Gasteiger partial charge in [0, 0.05) is 22.8 Å². The van der Waals surface area contributed by atoms with Gasteiger partial charge in [0.2, 0.25) is 11.8 Å². The molecule has 1 amide bonds. The lowest BCUT2D eigenvalue weighted by molar-refractivity contribution is 0.0600. The van der Waals surface area contributed by atoms with Crippen LogP contribution in [0.3, 0.4) is 0 Å². The molecule has 8 N–H and O–H groups in total. The molecule has 216 valence electrons. The smallest absolute Gasteiger partial charge is 0.405 e. The van der Waals surface area contributed by atoms with Gasteiger partial charge in [0.25, 0.3) is 0 Å². The van der Waals surface area contributed by atoms with Gasteiger partial charge in [0.1, 0.15) is 17.2 Å². The second kappa shape index (κ2) is 13.4. The van der Waals surface area contributed by atoms with E-state index in [9.17, 15) is 15.2 Å². The van der Waals surface area contributed by atoms with E-state index in [1.165, 1.54) is 19.3 Å². The molecule has 40 heavy (non-hydrogen) atoms. The van der Waals surface area contributed by atoms with Crippen molar-refractivity contribution in [3.63, 3.8) is 0 Å². The number of hydrogen-bond donors (Lipinski definition) is 5. The van der Waals surface area contributed by atoms with Crippen molar-refractivity contribution in [1.29, 1.82) is 10.7 Å². The van der Waals surface area contributed by atoms with E-state index < -0.39 is 17.1 Å². The summed E-state index contributed by atoms with van der Waals surface area (Å²) >= 11 is 0. The van der Waals surface area contributed by atoms with E-state index in [-0.39, 0.29) is 29.9 Å². The largest absolute Gasteiger partial charge is 0.444 e. The Balaban J connectivity index is 0.000000611. The number of aliphatic hydroxyl groups excluding tert-OH is 1. The van der Waals surface area contributed by atoms with Crippen molar-refractivity contribution in [1.82, 2.24) is 0 Å². The summed E-state index contributed by atoms with van der Waals surface area (Å²) in [6, 6.07) is 7.86. The molecule has 3 rings (SSSR count). The van der Waals surface area contributed by atoms with E-state index in [1.54, 1.807) is 27.7 Å². The van der Waals surface area contributed by atoms with Gasteiger partial charge in [-0.05, 0) is 69.7 Å². The summed E-state index contributed by atoms with van der Waals surface area (Å²) in [7, 11) is 0. The molecular weight excluding hydrogens is 506 g/mol. The third-order valence-electron chi connectivity index (χ3n) is 6.91. The summed E-state index contributed by atoms with van der Waals surface area (Å²) in [6.07, 6.45) is 5.18. The number of rotatable bonds is 3. The SMILES string of the molecule is C/C(N)=C1/C(=N)OC(N)=C(C#N)C1(c1cc(C#CC2CCCCC2)cc(CO)c1)C(C)C.CC(C)(C)OC(N)=O. The van der Waals surface area contributed by atoms with E-state index >= 15 is 0 Å². The molecule has 1 aromatic rings. The van der Waals surface area contributed by atoms with Crippen LogP contribution in [0.2, 0.25) is 0 Å². The van der Waals surface area contributed by atoms with Crippen LogP contribution in [0.15, 0.2) is 40.9 Å². The molecule has 9 nitrogen and oxygen atoms in total. The Hall–Kier alpha value is -3.95. The van der Waals surface area contributed by atoms with Crippen LogP contribution in [-0.4, -0.2) is 22.7 Å². The Kier molecular flexibility index (Phi) is 10.8. The zero-order chi connectivity index (χ0) is 30.3. The van der Waals surface area contributed by atoms with Crippen LogP contribution in [-0.2, 0) is 21.5 Å². The van der Waals surface area contributed by atoms with Crippen molar-refractivity contribution in [2.45, 2.75) is 91.3 Å². The molecule has 1 saturated carbocycles. The summed E-state index contributed by atoms with van der Waals surface area (Å²) < 4.78 is 9.98. The van der Waals surface area contributed by atoms with Gasteiger partial charge in [-0.1, -0.05) is 51.0 Å². The molecule has 0 bridgehead atoms. The molecule has 1 aromatic carbocycles. The number of allylic oxidation sites excluding steroid dienone is 2. The third-order valence-corrected chi connectivity index (χ3v) is 6.91. The van der Waals surface area contributed by atoms with Gasteiger partial charge in [-0.25, -0.2) is 4.79 Å². The van der Waals surface area contributed by atoms with Crippen molar-refractivity contribution >= 4 is 12.0 Å². The van der Waals surface area contributed by atoms with E-state index in [2.05, 4.69) is 22.6 Å². The van der Waals surface area contributed by atoms with E-state index in [0.717, 1.165) is 24.0 Å². The highest BCUT2D eigenvalue weighted by atomic mass is 16.6. The minimum atomic E-state index is -1.08. The maximum Gasteiger partial charge on any atom is 0.405 e. The van der Waals surface area contributed by atoms with Crippen LogP contribution in [0.4, 0.5) is 4.79 Å². The zero-order valence-corrected chi connectivity index (χ0v) is 24.5. The van der Waals surface area contributed by atoms with Crippen molar-refractivity contribution < 1.29 is 19.4 Å². The standard InChI is InChI=1S/C26H32N4O2.C5H11NO2/c1-16(2)26(22(14-27)24(29)32-25(30)23(26)17(3)28)21-12-19(11-20(13-21)15-31)10-9-18-7-5-4-6-8-18;1-5(2,3)8-4(6)7/h11-13,16,18,30-31H,4-8,15,28-29H2,1-3H3;1-3H3,(H2,6,7)/b23-17+,30-25?;. The number of carbonyl (C=O) groups excluding carboxylic acids is 1. The molecule has 0 spiro atoms. The molecule has 1 aliphatic heterocycles. The molecule has 1 fully saturated rings. The number of aliphatic hydroxyl groups is 1. The molecule has 1 aliphatic carbocycles. The molecule has 9 heteroatoms. The van der Waals surface area contributed by atoms with Gasteiger partial charge in [-0.15, -0.1) is 0 Å². The number of amides is 1. The fourth-order valence-electron chi connectivity index (χ4n) is 5.36. The maximum atomic E-state index is 10.1. The minimum absolute atomic E-state index is 0.0968. The second-order valence-electron chi connectivity index (χ2n) is 11.5. The topological polar surface area (TPSA) is 181 Å². The summed E-state index contributed by atoms with van der Waals surface area (Å²) in [5, 5.41) is 28.5. The molecule has 0 saturated heterocycles. The third kappa shape index (κ3) is 7.58. The highest BCUT2D eigenvalue weighted by Gasteiger charge is 2.51. The Labute approximate surface area is 237 Å². The van der Waals surface area contributed by atoms with Crippen molar-refractivity contribution in [3.05, 3.63) is 57.6 Å². The van der Waals surface area contributed by atoms with E-state index in [4.69, 9.17) is 27.3 Å². The van der Waals surface area contributed by atoms with Gasteiger partial charge < -0.3 is 31.8 Å². The van der Waals surface area contributed by atoms with Crippen LogP contribution in [0.1, 0.15) is 90.3 Å². The maximum absolute atomic E-state index is 10.1. The van der Waals surface area contributed by atoms with Crippen molar-refractivity contribution in [3.8, 4) is 17.9 Å². The van der Waals surface area contributed by atoms with Crippen LogP contribution < -0.4 is 17.2 Å². The average Bonchev–Trinajstić information content (AvgIpc) is 2.85. The van der Waals surface area contributed by atoms with E-state index in [0.29, 0.717) is 22.8 Å². The highest BCUT2D eigenvalue weighted by Crippen LogP contribution is 2.50. The van der Waals surface area contributed by atoms with Gasteiger partial charge in [-0.3, -0.25) is 5.41 Å². The van der Waals surface area contributed by atoms with Gasteiger partial charge >= 0.3 is 6.09 Å². The lowest BCUT2D eigenvalue weighted by Crippen LogP contribution is -2.46. The van der Waals surface area contributed by atoms with Crippen LogP contribution in [0.5, 0.6) is 0 Å². The van der Waals surface area contributed by atoms with Crippen molar-refractivity contribution in [2.24, 2.45) is 29.0 Å². The Morgan fingerprint density at radius 2 is 1.85 bits per heavy atom. The fraction of sp³-hybridized carbons (Fsp3) is 0.516. The number of primary amides is 1. The number of ether oxygens (including phenoxy) is 2. The molecule has 1 heterocycles. The van der Waals surface area contributed by atoms with Gasteiger partial charge in [-0.2, -0.15) is 5.26 Å². The summed E-state index contributed by atoms with van der Waals surface area (Å²) in [5.74, 6) is 6.64. The van der Waals surface area contributed by atoms with E-state index in [1.807, 2.05) is 32.0 Å².